The summed E-state index contributed by atoms with van der Waals surface area (Å²) >= 11 is 0. The molecular weight excluding hydrogens is 512 g/mol. The zero-order chi connectivity index (χ0) is 27.9. The van der Waals surface area contributed by atoms with Gasteiger partial charge in [0.25, 0.3) is 0 Å². The number of ether oxygens (including phenoxy) is 4. The van der Waals surface area contributed by atoms with Crippen molar-refractivity contribution in [1.82, 2.24) is 9.97 Å². The third-order valence-electron chi connectivity index (χ3n) is 11.9. The average Bonchev–Trinajstić information content (AvgIpc) is 3.64. The van der Waals surface area contributed by atoms with Crippen LogP contribution in [0.25, 0.3) is 0 Å². The van der Waals surface area contributed by atoms with Crippen molar-refractivity contribution in [2.75, 3.05) is 6.61 Å². The van der Waals surface area contributed by atoms with Crippen molar-refractivity contribution >= 4 is 17.9 Å². The summed E-state index contributed by atoms with van der Waals surface area (Å²) in [6, 6.07) is 0. The van der Waals surface area contributed by atoms with Crippen LogP contribution in [-0.4, -0.2) is 58.4 Å². The third kappa shape index (κ3) is 3.65. The Balaban J connectivity index is 1.21. The van der Waals surface area contributed by atoms with Crippen LogP contribution in [0, 0.1) is 40.4 Å². The van der Waals surface area contributed by atoms with Crippen LogP contribution in [0.5, 0.6) is 0 Å². The van der Waals surface area contributed by atoms with Gasteiger partial charge >= 0.3 is 17.9 Å². The Morgan fingerprint density at radius 3 is 2.55 bits per heavy atom. The number of carbonyl (C=O) groups excluding carboxylic acids is 3. The second-order valence-electron chi connectivity index (χ2n) is 13.5. The van der Waals surface area contributed by atoms with Gasteiger partial charge in [0.1, 0.15) is 30.2 Å². The number of aromatic nitrogens is 2. The van der Waals surface area contributed by atoms with Crippen LogP contribution in [0.3, 0.4) is 0 Å². The van der Waals surface area contributed by atoms with Gasteiger partial charge in [-0.25, -0.2) is 19.6 Å². The zero-order valence-electron chi connectivity index (χ0n) is 23.4. The van der Waals surface area contributed by atoms with Crippen molar-refractivity contribution in [3.8, 4) is 0 Å². The van der Waals surface area contributed by atoms with Crippen LogP contribution in [0.2, 0.25) is 0 Å². The number of rotatable bonds is 4. The average molecular weight is 551 g/mol. The van der Waals surface area contributed by atoms with Gasteiger partial charge in [0, 0.05) is 42.6 Å². The zero-order valence-corrected chi connectivity index (χ0v) is 23.4. The minimum atomic E-state index is -0.451. The van der Waals surface area contributed by atoms with Crippen LogP contribution < -0.4 is 0 Å². The van der Waals surface area contributed by atoms with E-state index >= 15 is 0 Å². The third-order valence-corrected chi connectivity index (χ3v) is 11.9. The van der Waals surface area contributed by atoms with E-state index in [4.69, 9.17) is 18.9 Å². The molecule has 6 aliphatic rings. The van der Waals surface area contributed by atoms with Crippen LogP contribution in [0.1, 0.15) is 76.1 Å². The molecule has 7 rings (SSSR count). The predicted molar refractivity (Wildman–Crippen MR) is 140 cm³/mol. The fourth-order valence-electron chi connectivity index (χ4n) is 10.2. The molecule has 1 spiro atoms. The quantitative estimate of drug-likeness (QED) is 0.311. The van der Waals surface area contributed by atoms with E-state index in [1.54, 1.807) is 0 Å². The van der Waals surface area contributed by atoms with Gasteiger partial charge in [0.05, 0.1) is 12.2 Å². The smallest absolute Gasteiger partial charge is 0.341 e. The molecule has 9 nitrogen and oxygen atoms in total. The molecule has 1 aromatic heterocycles. The van der Waals surface area contributed by atoms with Crippen molar-refractivity contribution in [3.63, 3.8) is 0 Å². The largest absolute Gasteiger partial charge is 0.463 e. The Bertz CT molecular complexity index is 1250. The second-order valence-corrected chi connectivity index (χ2v) is 13.5. The molecule has 5 fully saturated rings. The molecule has 2 aliphatic heterocycles. The summed E-state index contributed by atoms with van der Waals surface area (Å²) in [5.74, 6) is 0.337. The Labute approximate surface area is 234 Å². The maximum absolute atomic E-state index is 13.3. The summed E-state index contributed by atoms with van der Waals surface area (Å²) in [6.07, 6.45) is 14.3. The molecule has 11 atom stereocenters. The van der Waals surface area contributed by atoms with Gasteiger partial charge in [-0.3, -0.25) is 4.79 Å². The van der Waals surface area contributed by atoms with Gasteiger partial charge in [-0.15, -0.1) is 0 Å². The highest BCUT2D eigenvalue weighted by atomic mass is 16.7. The van der Waals surface area contributed by atoms with Crippen LogP contribution in [-0.2, 0) is 28.5 Å². The Kier molecular flexibility index (Phi) is 5.94. The SMILES string of the molecule is CC(=O)O[C@H]1CC[C@@]2(C)[C@H](CC[C@@H]3[C@@H]2CC[C@]2(C)[C@@H](C4C=CC(=O)OC4)[C@@H](OC(=O)c4cncnc4)[C@H]4O[C@]342)C1. The first-order chi connectivity index (χ1) is 19.2. The van der Waals surface area contributed by atoms with Crippen LogP contribution in [0.4, 0.5) is 0 Å². The summed E-state index contributed by atoms with van der Waals surface area (Å²) in [5, 5.41) is 0. The van der Waals surface area contributed by atoms with E-state index in [2.05, 4.69) is 23.8 Å². The molecule has 214 valence electrons. The minimum Gasteiger partial charge on any atom is -0.463 e. The van der Waals surface area contributed by atoms with E-state index in [1.807, 2.05) is 6.08 Å². The van der Waals surface area contributed by atoms with E-state index in [0.29, 0.717) is 23.3 Å². The topological polar surface area (TPSA) is 117 Å². The number of hydrogen-bond donors (Lipinski definition) is 0. The molecule has 4 saturated carbocycles. The van der Waals surface area contributed by atoms with E-state index in [1.165, 1.54) is 31.7 Å². The maximum Gasteiger partial charge on any atom is 0.341 e. The van der Waals surface area contributed by atoms with Crippen molar-refractivity contribution in [3.05, 3.63) is 36.4 Å². The molecule has 1 aromatic rings. The molecule has 3 heterocycles. The Morgan fingerprint density at radius 2 is 1.82 bits per heavy atom. The number of esters is 3. The first kappa shape index (κ1) is 26.1. The van der Waals surface area contributed by atoms with Gasteiger partial charge in [-0.05, 0) is 68.1 Å². The highest BCUT2D eigenvalue weighted by molar-refractivity contribution is 5.88. The van der Waals surface area contributed by atoms with Crippen LogP contribution >= 0.6 is 0 Å². The standard InChI is InChI=1S/C31H38N2O7/c1-17(34)38-21-8-10-29(2)20(12-21)5-6-23-22(29)9-11-30(3)25(18-4-7-24(35)37-15-18)26(27-31(23,30)40-27)39-28(36)19-13-32-16-33-14-19/h4,7,13-14,16,18,20-23,25-27H,5-6,8-12,15H2,1-3H3/t18?,20-,21+,22+,23-,25+,26-,27-,29+,30-,31-/m1/s1. The van der Waals surface area contributed by atoms with E-state index in [0.717, 1.165) is 44.9 Å². The predicted octanol–water partition coefficient (Wildman–Crippen LogP) is 4.06. The lowest BCUT2D eigenvalue weighted by Crippen LogP contribution is -2.59. The fraction of sp³-hybridized carbons (Fsp3) is 0.710. The molecule has 0 bridgehead atoms. The summed E-state index contributed by atoms with van der Waals surface area (Å²) in [4.78, 5) is 44.8. The maximum atomic E-state index is 13.3. The Hall–Kier alpha value is -2.81. The Morgan fingerprint density at radius 1 is 1.02 bits per heavy atom. The summed E-state index contributed by atoms with van der Waals surface area (Å²) < 4.78 is 24.2. The van der Waals surface area contributed by atoms with E-state index in [-0.39, 0.29) is 59.0 Å². The molecule has 0 amide bonds. The van der Waals surface area contributed by atoms with E-state index in [9.17, 15) is 14.4 Å². The molecule has 9 heteroatoms. The molecule has 0 N–H and O–H groups in total. The van der Waals surface area contributed by atoms with Gasteiger partial charge in [0.15, 0.2) is 0 Å². The highest BCUT2D eigenvalue weighted by Crippen LogP contribution is 2.77. The normalized spacial score (nSPS) is 46.6. The first-order valence-electron chi connectivity index (χ1n) is 14.8. The van der Waals surface area contributed by atoms with Crippen molar-refractivity contribution in [2.45, 2.75) is 89.6 Å². The fourth-order valence-corrected chi connectivity index (χ4v) is 10.2. The lowest BCUT2D eigenvalue weighted by molar-refractivity contribution is -0.171. The van der Waals surface area contributed by atoms with Gasteiger partial charge < -0.3 is 18.9 Å². The van der Waals surface area contributed by atoms with Crippen molar-refractivity contribution in [1.29, 1.82) is 0 Å². The van der Waals surface area contributed by atoms with Gasteiger partial charge in [0.2, 0.25) is 0 Å². The van der Waals surface area contributed by atoms with Gasteiger partial charge in [-0.2, -0.15) is 0 Å². The van der Waals surface area contributed by atoms with Crippen LogP contribution in [0.15, 0.2) is 30.9 Å². The molecule has 0 radical (unpaired) electrons. The molecule has 1 saturated heterocycles. The molecule has 40 heavy (non-hydrogen) atoms. The van der Waals surface area contributed by atoms with Gasteiger partial charge in [-0.1, -0.05) is 19.9 Å². The number of nitrogens with zero attached hydrogens (tertiary/aromatic N) is 2. The summed E-state index contributed by atoms with van der Waals surface area (Å²) in [5.41, 5.74) is -0.113. The first-order valence-corrected chi connectivity index (χ1v) is 14.8. The molecule has 1 unspecified atom stereocenters. The number of cyclic esters (lactones) is 1. The summed E-state index contributed by atoms with van der Waals surface area (Å²) in [6.45, 7) is 6.57. The molecular formula is C31H38N2O7. The highest BCUT2D eigenvalue weighted by Gasteiger charge is 2.85. The molecule has 4 aliphatic carbocycles. The monoisotopic (exact) mass is 550 g/mol. The van der Waals surface area contributed by atoms with E-state index < -0.39 is 12.1 Å². The number of fused-ring (bicyclic) bond motifs is 3. The number of hydrogen-bond acceptors (Lipinski definition) is 9. The van der Waals surface area contributed by atoms with Crippen molar-refractivity contribution < 1.29 is 33.3 Å². The lowest BCUT2D eigenvalue weighted by Gasteiger charge is -2.61. The number of epoxide rings is 1. The number of carbonyl (C=O) groups is 3. The van der Waals surface area contributed by atoms with Crippen molar-refractivity contribution in [2.24, 2.45) is 40.4 Å². The molecule has 0 aromatic carbocycles. The summed E-state index contributed by atoms with van der Waals surface area (Å²) in [7, 11) is 0. The minimum absolute atomic E-state index is 0.0199. The second kappa shape index (κ2) is 9.10. The lowest BCUT2D eigenvalue weighted by atomic mass is 9.44.